The quantitative estimate of drug-likeness (QED) is 0.768. The van der Waals surface area contributed by atoms with Crippen LogP contribution in [0.5, 0.6) is 0 Å². The van der Waals surface area contributed by atoms with Crippen LogP contribution in [0.1, 0.15) is 19.3 Å². The van der Waals surface area contributed by atoms with Crippen molar-refractivity contribution in [1.29, 1.82) is 0 Å². The van der Waals surface area contributed by atoms with E-state index in [-0.39, 0.29) is 13.1 Å². The number of nitrogens with zero attached hydrogens (tertiary/aromatic N) is 1. The van der Waals surface area contributed by atoms with E-state index in [2.05, 4.69) is 0 Å². The molecular formula is C9H13Cl3F3NO3S. The lowest BCUT2D eigenvalue weighted by molar-refractivity contribution is -0.249. The standard InChI is InChI=1S/C9H13Cl3F3NO3S/c10-8(11,12)7(17,9(13,14)15)6-20(18,19)16-4-2-1-3-5-16/h17H,1-6H2. The Balaban J connectivity index is 3.07. The lowest BCUT2D eigenvalue weighted by Gasteiger charge is -2.37. The highest BCUT2D eigenvalue weighted by atomic mass is 35.6. The minimum absolute atomic E-state index is 0.0934. The summed E-state index contributed by atoms with van der Waals surface area (Å²) in [5.74, 6) is -1.72. The lowest BCUT2D eigenvalue weighted by Crippen LogP contribution is -2.61. The van der Waals surface area contributed by atoms with Gasteiger partial charge in [0.25, 0.3) is 0 Å². The molecule has 120 valence electrons. The van der Waals surface area contributed by atoms with Gasteiger partial charge in [-0.15, -0.1) is 0 Å². The third-order valence-electron chi connectivity index (χ3n) is 3.04. The molecule has 0 aromatic carbocycles. The average molecular weight is 379 g/mol. The molecule has 0 saturated carbocycles. The molecule has 1 fully saturated rings. The number of halogens is 6. The van der Waals surface area contributed by atoms with E-state index in [0.29, 0.717) is 12.8 Å². The molecule has 0 aliphatic carbocycles. The number of rotatable bonds is 3. The molecule has 1 saturated heterocycles. The Morgan fingerprint density at radius 3 is 1.85 bits per heavy atom. The average Bonchev–Trinajstić information content (AvgIpc) is 2.26. The molecule has 11 heteroatoms. The highest BCUT2D eigenvalue weighted by Gasteiger charge is 2.67. The lowest BCUT2D eigenvalue weighted by atomic mass is 10.1. The van der Waals surface area contributed by atoms with Crippen LogP contribution in [0.15, 0.2) is 0 Å². The van der Waals surface area contributed by atoms with Crippen LogP contribution in [0, 0.1) is 0 Å². The maximum absolute atomic E-state index is 12.9. The highest BCUT2D eigenvalue weighted by molar-refractivity contribution is 7.89. The van der Waals surface area contributed by atoms with Gasteiger partial charge in [-0.3, -0.25) is 0 Å². The van der Waals surface area contributed by atoms with Crippen LogP contribution in [0.25, 0.3) is 0 Å². The fourth-order valence-corrected chi connectivity index (χ4v) is 4.49. The van der Waals surface area contributed by atoms with Gasteiger partial charge in [-0.05, 0) is 12.8 Å². The summed E-state index contributed by atoms with van der Waals surface area (Å²) in [5.41, 5.74) is -3.97. The Bertz CT molecular complexity index is 430. The van der Waals surface area contributed by atoms with E-state index in [1.54, 1.807) is 0 Å². The summed E-state index contributed by atoms with van der Waals surface area (Å²) in [4.78, 5) is 0. The minimum atomic E-state index is -5.40. The second kappa shape index (κ2) is 5.96. The Morgan fingerprint density at radius 1 is 1.05 bits per heavy atom. The summed E-state index contributed by atoms with van der Waals surface area (Å²) in [7, 11) is -4.40. The first-order valence-corrected chi connectivity index (χ1v) is 8.39. The van der Waals surface area contributed by atoms with Gasteiger partial charge in [0, 0.05) is 13.1 Å². The number of alkyl halides is 6. The molecule has 1 aliphatic rings. The van der Waals surface area contributed by atoms with Gasteiger partial charge in [0.2, 0.25) is 19.4 Å². The summed E-state index contributed by atoms with van der Waals surface area (Å²) in [6.45, 7) is 0.187. The maximum atomic E-state index is 12.9. The first-order valence-electron chi connectivity index (χ1n) is 5.65. The summed E-state index contributed by atoms with van der Waals surface area (Å²) in [6.07, 6.45) is -3.53. The number of aliphatic hydroxyl groups is 1. The van der Waals surface area contributed by atoms with Crippen LogP contribution in [-0.2, 0) is 10.0 Å². The van der Waals surface area contributed by atoms with Crippen molar-refractivity contribution in [3.05, 3.63) is 0 Å². The van der Waals surface area contributed by atoms with Gasteiger partial charge in [-0.2, -0.15) is 13.2 Å². The summed E-state index contributed by atoms with van der Waals surface area (Å²) in [5, 5.41) is 9.62. The molecule has 0 spiro atoms. The summed E-state index contributed by atoms with van der Waals surface area (Å²) in [6, 6.07) is 0. The molecule has 1 rings (SSSR count). The Labute approximate surface area is 129 Å². The van der Waals surface area contributed by atoms with Crippen LogP contribution >= 0.6 is 34.8 Å². The molecule has 1 unspecified atom stereocenters. The van der Waals surface area contributed by atoms with Crippen LogP contribution in [0.3, 0.4) is 0 Å². The summed E-state index contributed by atoms with van der Waals surface area (Å²) >= 11 is 15.4. The van der Waals surface area contributed by atoms with E-state index in [0.717, 1.165) is 10.7 Å². The predicted octanol–water partition coefficient (Wildman–Crippen LogP) is 2.47. The van der Waals surface area contributed by atoms with Gasteiger partial charge in [0.05, 0.1) is 0 Å². The van der Waals surface area contributed by atoms with Crippen LogP contribution in [0.2, 0.25) is 0 Å². The topological polar surface area (TPSA) is 57.6 Å². The maximum Gasteiger partial charge on any atom is 0.422 e. The Hall–Kier alpha value is 0.530. The molecule has 4 nitrogen and oxygen atoms in total. The zero-order chi connectivity index (χ0) is 15.8. The molecule has 20 heavy (non-hydrogen) atoms. The van der Waals surface area contributed by atoms with Crippen molar-refractivity contribution in [2.45, 2.75) is 34.8 Å². The molecule has 1 aliphatic heterocycles. The molecule has 0 aromatic rings. The molecule has 1 atom stereocenters. The van der Waals surface area contributed by atoms with Gasteiger partial charge in [-0.1, -0.05) is 41.2 Å². The molecule has 0 radical (unpaired) electrons. The van der Waals surface area contributed by atoms with Gasteiger partial charge in [0.15, 0.2) is 0 Å². The van der Waals surface area contributed by atoms with Crippen molar-refractivity contribution >= 4 is 44.8 Å². The first-order chi connectivity index (χ1) is 8.81. The SMILES string of the molecule is O=S(=O)(CC(O)(C(F)(F)F)C(Cl)(Cl)Cl)N1CCCCC1. The fraction of sp³-hybridized carbons (Fsp3) is 1.00. The van der Waals surface area contributed by atoms with Crippen molar-refractivity contribution in [2.75, 3.05) is 18.8 Å². The van der Waals surface area contributed by atoms with Crippen molar-refractivity contribution in [2.24, 2.45) is 0 Å². The number of hydrogen-bond acceptors (Lipinski definition) is 3. The first kappa shape index (κ1) is 18.6. The predicted molar refractivity (Wildman–Crippen MR) is 70.5 cm³/mol. The third-order valence-corrected chi connectivity index (χ3v) is 5.91. The fourth-order valence-electron chi connectivity index (χ4n) is 1.82. The van der Waals surface area contributed by atoms with E-state index >= 15 is 0 Å². The number of piperidine rings is 1. The third kappa shape index (κ3) is 3.84. The largest absolute Gasteiger partial charge is 0.422 e. The van der Waals surface area contributed by atoms with Crippen LogP contribution in [-0.4, -0.2) is 52.2 Å². The zero-order valence-electron chi connectivity index (χ0n) is 10.1. The van der Waals surface area contributed by atoms with E-state index in [4.69, 9.17) is 34.8 Å². The second-order valence-corrected chi connectivity index (χ2v) is 8.82. The smallest absolute Gasteiger partial charge is 0.376 e. The number of hydrogen-bond donors (Lipinski definition) is 1. The second-order valence-electron chi connectivity index (χ2n) is 4.57. The Morgan fingerprint density at radius 2 is 1.50 bits per heavy atom. The van der Waals surface area contributed by atoms with Crippen molar-refractivity contribution < 1.29 is 26.7 Å². The molecule has 1 heterocycles. The van der Waals surface area contributed by atoms with E-state index in [9.17, 15) is 26.7 Å². The van der Waals surface area contributed by atoms with Crippen molar-refractivity contribution in [3.8, 4) is 0 Å². The van der Waals surface area contributed by atoms with Crippen molar-refractivity contribution in [3.63, 3.8) is 0 Å². The van der Waals surface area contributed by atoms with E-state index in [1.165, 1.54) is 0 Å². The molecule has 1 N–H and O–H groups in total. The molecule has 0 amide bonds. The molecule has 0 aromatic heterocycles. The van der Waals surface area contributed by atoms with Crippen molar-refractivity contribution in [1.82, 2.24) is 4.31 Å². The van der Waals surface area contributed by atoms with Gasteiger partial charge in [-0.25, -0.2) is 12.7 Å². The van der Waals surface area contributed by atoms with Crippen LogP contribution < -0.4 is 0 Å². The van der Waals surface area contributed by atoms with E-state index < -0.39 is 31.3 Å². The van der Waals surface area contributed by atoms with Gasteiger partial charge < -0.3 is 5.11 Å². The zero-order valence-corrected chi connectivity index (χ0v) is 13.2. The normalized spacial score (nSPS) is 22.6. The highest BCUT2D eigenvalue weighted by Crippen LogP contribution is 2.48. The van der Waals surface area contributed by atoms with Gasteiger partial charge in [0.1, 0.15) is 5.75 Å². The minimum Gasteiger partial charge on any atom is -0.376 e. The summed E-state index contributed by atoms with van der Waals surface area (Å²) < 4.78 is 60.4. The molecule has 0 bridgehead atoms. The number of sulfonamides is 1. The Kier molecular flexibility index (Phi) is 5.54. The monoisotopic (exact) mass is 377 g/mol. The van der Waals surface area contributed by atoms with Gasteiger partial charge >= 0.3 is 6.18 Å². The van der Waals surface area contributed by atoms with E-state index in [1.807, 2.05) is 0 Å². The molecular weight excluding hydrogens is 366 g/mol. The van der Waals surface area contributed by atoms with Crippen LogP contribution in [0.4, 0.5) is 13.2 Å².